The Hall–Kier alpha value is -2.73. The van der Waals surface area contributed by atoms with Crippen LogP contribution in [0.4, 0.5) is 0 Å². The summed E-state index contributed by atoms with van der Waals surface area (Å²) >= 11 is 1.57. The van der Waals surface area contributed by atoms with Crippen LogP contribution in [-0.4, -0.2) is 41.0 Å². The molecule has 0 saturated heterocycles. The fourth-order valence-corrected chi connectivity index (χ4v) is 4.79. The molecule has 30 heavy (non-hydrogen) atoms. The Balaban J connectivity index is 1.57. The minimum atomic E-state index is -0.832. The molecule has 1 saturated carbocycles. The molecule has 1 aromatic carbocycles. The largest absolute Gasteiger partial charge is 0.449 e. The minimum absolute atomic E-state index is 0.146. The number of fused-ring (bicyclic) bond motifs is 1. The second-order valence-corrected chi connectivity index (χ2v) is 8.79. The van der Waals surface area contributed by atoms with E-state index in [2.05, 4.69) is 0 Å². The van der Waals surface area contributed by atoms with Crippen molar-refractivity contribution in [2.45, 2.75) is 51.2 Å². The number of hydrogen-bond donors (Lipinski definition) is 0. The Morgan fingerprint density at radius 3 is 2.63 bits per heavy atom. The van der Waals surface area contributed by atoms with Crippen molar-refractivity contribution in [1.82, 2.24) is 9.88 Å². The SMILES string of the molecule is C[C@@H](OC(=O)c1cc(-c2cccs2)nc2ccccc12)C(=O)N(C)C1CCCCC1. The molecule has 0 unspecified atom stereocenters. The quantitative estimate of drug-likeness (QED) is 0.524. The molecule has 5 nitrogen and oxygen atoms in total. The molecule has 156 valence electrons. The molecule has 1 fully saturated rings. The second kappa shape index (κ2) is 8.96. The van der Waals surface area contributed by atoms with Gasteiger partial charge in [0, 0.05) is 18.5 Å². The Kier molecular flexibility index (Phi) is 6.13. The molecule has 2 aromatic heterocycles. The van der Waals surface area contributed by atoms with Crippen LogP contribution in [0.15, 0.2) is 47.8 Å². The molecular formula is C24H26N2O3S. The zero-order chi connectivity index (χ0) is 21.1. The third-order valence-electron chi connectivity index (χ3n) is 5.81. The normalized spacial score (nSPS) is 15.7. The smallest absolute Gasteiger partial charge is 0.339 e. The number of carbonyl (C=O) groups excluding carboxylic acids is 2. The Morgan fingerprint density at radius 2 is 1.90 bits per heavy atom. The van der Waals surface area contributed by atoms with E-state index in [-0.39, 0.29) is 11.9 Å². The van der Waals surface area contributed by atoms with Gasteiger partial charge in [0.05, 0.1) is 21.7 Å². The van der Waals surface area contributed by atoms with E-state index in [1.165, 1.54) is 6.42 Å². The second-order valence-electron chi connectivity index (χ2n) is 7.84. The molecule has 0 N–H and O–H groups in total. The summed E-state index contributed by atoms with van der Waals surface area (Å²) in [6.45, 7) is 1.66. The van der Waals surface area contributed by atoms with Gasteiger partial charge in [-0.1, -0.05) is 43.5 Å². The molecule has 0 aliphatic heterocycles. The monoisotopic (exact) mass is 422 g/mol. The van der Waals surface area contributed by atoms with E-state index in [1.807, 2.05) is 48.8 Å². The lowest BCUT2D eigenvalue weighted by atomic mass is 9.94. The van der Waals surface area contributed by atoms with Crippen LogP contribution in [-0.2, 0) is 9.53 Å². The predicted octanol–water partition coefficient (Wildman–Crippen LogP) is 5.30. The number of esters is 1. The third-order valence-corrected chi connectivity index (χ3v) is 6.70. The van der Waals surface area contributed by atoms with Gasteiger partial charge in [0.15, 0.2) is 6.10 Å². The Morgan fingerprint density at radius 1 is 1.13 bits per heavy atom. The average molecular weight is 423 g/mol. The minimum Gasteiger partial charge on any atom is -0.449 e. The molecule has 0 bridgehead atoms. The number of para-hydroxylation sites is 1. The van der Waals surface area contributed by atoms with E-state index in [4.69, 9.17) is 9.72 Å². The molecular weight excluding hydrogens is 396 g/mol. The van der Waals surface area contributed by atoms with E-state index >= 15 is 0 Å². The van der Waals surface area contributed by atoms with Gasteiger partial charge in [0.2, 0.25) is 0 Å². The number of carbonyl (C=O) groups is 2. The summed E-state index contributed by atoms with van der Waals surface area (Å²) in [6.07, 6.45) is 4.71. The molecule has 3 aromatic rings. The number of thiophene rings is 1. The number of ether oxygens (including phenoxy) is 1. The maximum atomic E-state index is 13.1. The van der Waals surface area contributed by atoms with Crippen LogP contribution >= 0.6 is 11.3 Å². The summed E-state index contributed by atoms with van der Waals surface area (Å²) < 4.78 is 5.64. The van der Waals surface area contributed by atoms with Gasteiger partial charge >= 0.3 is 5.97 Å². The molecule has 1 aliphatic carbocycles. The van der Waals surface area contributed by atoms with Crippen molar-refractivity contribution in [3.8, 4) is 10.6 Å². The molecule has 0 spiro atoms. The lowest BCUT2D eigenvalue weighted by molar-refractivity contribution is -0.141. The number of hydrogen-bond acceptors (Lipinski definition) is 5. The summed E-state index contributed by atoms with van der Waals surface area (Å²) in [5.74, 6) is -0.642. The summed E-state index contributed by atoms with van der Waals surface area (Å²) in [5, 5.41) is 2.70. The lowest BCUT2D eigenvalue weighted by Gasteiger charge is -2.32. The number of rotatable bonds is 5. The van der Waals surface area contributed by atoms with E-state index < -0.39 is 12.1 Å². The molecule has 0 radical (unpaired) electrons. The number of pyridine rings is 1. The van der Waals surface area contributed by atoms with Gasteiger partial charge in [-0.25, -0.2) is 9.78 Å². The summed E-state index contributed by atoms with van der Waals surface area (Å²) in [4.78, 5) is 33.4. The van der Waals surface area contributed by atoms with Crippen molar-refractivity contribution < 1.29 is 14.3 Å². The highest BCUT2D eigenvalue weighted by molar-refractivity contribution is 7.13. The van der Waals surface area contributed by atoms with Gasteiger partial charge in [-0.2, -0.15) is 0 Å². The topological polar surface area (TPSA) is 59.5 Å². The van der Waals surface area contributed by atoms with Crippen LogP contribution in [0.1, 0.15) is 49.4 Å². The standard InChI is InChI=1S/C24H26N2O3S/c1-16(23(27)26(2)17-9-4-3-5-10-17)29-24(28)19-15-21(22-13-8-14-30-22)25-20-12-7-6-11-18(19)20/h6-8,11-17H,3-5,9-10H2,1-2H3/t16-/m1/s1. The highest BCUT2D eigenvalue weighted by Gasteiger charge is 2.28. The van der Waals surface area contributed by atoms with Gasteiger partial charge in [-0.05, 0) is 43.3 Å². The van der Waals surface area contributed by atoms with Crippen LogP contribution in [0.2, 0.25) is 0 Å². The average Bonchev–Trinajstić information content (AvgIpc) is 3.33. The molecule has 1 atom stereocenters. The van der Waals surface area contributed by atoms with Gasteiger partial charge in [0.25, 0.3) is 5.91 Å². The molecule has 1 amide bonds. The van der Waals surface area contributed by atoms with Crippen LogP contribution in [0.3, 0.4) is 0 Å². The first-order chi connectivity index (χ1) is 14.5. The summed E-state index contributed by atoms with van der Waals surface area (Å²) in [6, 6.07) is 13.4. The number of aromatic nitrogens is 1. The van der Waals surface area contributed by atoms with Crippen molar-refractivity contribution >= 4 is 34.1 Å². The zero-order valence-corrected chi connectivity index (χ0v) is 18.2. The van der Waals surface area contributed by atoms with E-state index in [1.54, 1.807) is 29.2 Å². The predicted molar refractivity (Wildman–Crippen MR) is 120 cm³/mol. The summed E-state index contributed by atoms with van der Waals surface area (Å²) in [5.41, 5.74) is 1.89. The van der Waals surface area contributed by atoms with Gasteiger partial charge in [0.1, 0.15) is 0 Å². The fourth-order valence-electron chi connectivity index (χ4n) is 4.10. The van der Waals surface area contributed by atoms with Crippen molar-refractivity contribution in [3.05, 3.63) is 53.4 Å². The van der Waals surface area contributed by atoms with Crippen LogP contribution < -0.4 is 0 Å². The Labute approximate surface area is 180 Å². The Bertz CT molecular complexity index is 1040. The highest BCUT2D eigenvalue weighted by Crippen LogP contribution is 2.29. The van der Waals surface area contributed by atoms with Crippen LogP contribution in [0, 0.1) is 0 Å². The molecule has 2 heterocycles. The third kappa shape index (κ3) is 4.24. The van der Waals surface area contributed by atoms with Crippen molar-refractivity contribution in [1.29, 1.82) is 0 Å². The first kappa shape index (κ1) is 20.5. The van der Waals surface area contributed by atoms with Crippen LogP contribution in [0.25, 0.3) is 21.5 Å². The first-order valence-corrected chi connectivity index (χ1v) is 11.3. The molecule has 4 rings (SSSR count). The van der Waals surface area contributed by atoms with Crippen molar-refractivity contribution in [3.63, 3.8) is 0 Å². The lowest BCUT2D eigenvalue weighted by Crippen LogP contribution is -2.44. The van der Waals surface area contributed by atoms with E-state index in [9.17, 15) is 9.59 Å². The zero-order valence-electron chi connectivity index (χ0n) is 17.3. The van der Waals surface area contributed by atoms with Gasteiger partial charge in [-0.3, -0.25) is 4.79 Å². The number of benzene rings is 1. The first-order valence-electron chi connectivity index (χ1n) is 10.5. The number of likely N-dealkylation sites (N-methyl/N-ethyl adjacent to an activating group) is 1. The highest BCUT2D eigenvalue weighted by atomic mass is 32.1. The van der Waals surface area contributed by atoms with Crippen molar-refractivity contribution in [2.24, 2.45) is 0 Å². The molecule has 1 aliphatic rings. The number of nitrogens with zero attached hydrogens (tertiary/aromatic N) is 2. The van der Waals surface area contributed by atoms with Gasteiger partial charge < -0.3 is 9.64 Å². The molecule has 6 heteroatoms. The van der Waals surface area contributed by atoms with Crippen LogP contribution in [0.5, 0.6) is 0 Å². The fraction of sp³-hybridized carbons (Fsp3) is 0.375. The maximum absolute atomic E-state index is 13.1. The summed E-state index contributed by atoms with van der Waals surface area (Å²) in [7, 11) is 1.82. The van der Waals surface area contributed by atoms with Gasteiger partial charge in [-0.15, -0.1) is 11.3 Å². The maximum Gasteiger partial charge on any atom is 0.339 e. The van der Waals surface area contributed by atoms with Crippen molar-refractivity contribution in [2.75, 3.05) is 7.05 Å². The van der Waals surface area contributed by atoms with E-state index in [0.717, 1.165) is 47.2 Å². The number of amides is 1. The van der Waals surface area contributed by atoms with E-state index in [0.29, 0.717) is 5.56 Å².